The van der Waals surface area contributed by atoms with Crippen molar-refractivity contribution in [1.82, 2.24) is 0 Å². The third-order valence-corrected chi connectivity index (χ3v) is 4.07. The fraction of sp³-hybridized carbons (Fsp3) is 0.467. The molecule has 2 aliphatic heterocycles. The lowest BCUT2D eigenvalue weighted by atomic mass is 9.83. The summed E-state index contributed by atoms with van der Waals surface area (Å²) in [7, 11) is 1.12. The highest BCUT2D eigenvalue weighted by Gasteiger charge is 2.77. The molecule has 0 spiro atoms. The maximum absolute atomic E-state index is 12.0. The number of carbonyl (C=O) groups is 2. The van der Waals surface area contributed by atoms with Crippen molar-refractivity contribution >= 4 is 11.9 Å². The van der Waals surface area contributed by atoms with Crippen LogP contribution in [0.3, 0.4) is 0 Å². The molecular weight excluding hydrogens is 292 g/mol. The van der Waals surface area contributed by atoms with Gasteiger partial charge < -0.3 is 24.1 Å². The SMILES string of the molecule is COC(=O)[C@]12OC[C@@H](OCc3ccccc3)[C@@]1(O)COC2=O. The van der Waals surface area contributed by atoms with Crippen LogP contribution in [0.25, 0.3) is 0 Å². The number of esters is 2. The highest BCUT2D eigenvalue weighted by Crippen LogP contribution is 2.44. The Morgan fingerprint density at radius 3 is 2.82 bits per heavy atom. The fourth-order valence-corrected chi connectivity index (χ4v) is 2.82. The minimum absolute atomic E-state index is 0.104. The van der Waals surface area contributed by atoms with Gasteiger partial charge in [-0.3, -0.25) is 0 Å². The van der Waals surface area contributed by atoms with Gasteiger partial charge in [-0.1, -0.05) is 30.3 Å². The van der Waals surface area contributed by atoms with Gasteiger partial charge in [0.2, 0.25) is 0 Å². The average molecular weight is 308 g/mol. The van der Waals surface area contributed by atoms with Gasteiger partial charge in [0.15, 0.2) is 5.60 Å². The average Bonchev–Trinajstić information content (AvgIpc) is 2.98. The Labute approximate surface area is 126 Å². The van der Waals surface area contributed by atoms with E-state index >= 15 is 0 Å². The van der Waals surface area contributed by atoms with Gasteiger partial charge in [0.05, 0.1) is 20.3 Å². The monoisotopic (exact) mass is 308 g/mol. The van der Waals surface area contributed by atoms with Gasteiger partial charge in [-0.05, 0) is 5.56 Å². The number of benzene rings is 1. The van der Waals surface area contributed by atoms with Gasteiger partial charge >= 0.3 is 11.9 Å². The quantitative estimate of drug-likeness (QED) is 0.608. The Kier molecular flexibility index (Phi) is 3.64. The second kappa shape index (κ2) is 5.35. The van der Waals surface area contributed by atoms with E-state index in [9.17, 15) is 14.7 Å². The van der Waals surface area contributed by atoms with E-state index in [1.54, 1.807) is 0 Å². The molecule has 3 atom stereocenters. The van der Waals surface area contributed by atoms with Crippen molar-refractivity contribution in [3.63, 3.8) is 0 Å². The molecule has 2 heterocycles. The number of rotatable bonds is 4. The zero-order valence-electron chi connectivity index (χ0n) is 12.0. The summed E-state index contributed by atoms with van der Waals surface area (Å²) in [6, 6.07) is 9.33. The molecule has 2 saturated heterocycles. The molecule has 0 radical (unpaired) electrons. The van der Waals surface area contributed by atoms with E-state index in [2.05, 4.69) is 4.74 Å². The number of fused-ring (bicyclic) bond motifs is 1. The number of carbonyl (C=O) groups excluding carboxylic acids is 2. The standard InChI is InChI=1S/C15H16O7/c1-19-12(16)15-13(17)21-9-14(15,18)11(8-22-15)20-7-10-5-3-2-4-6-10/h2-6,11,18H,7-9H2,1H3/t11-,14+,15-/m1/s1. The maximum atomic E-state index is 12.0. The van der Waals surface area contributed by atoms with Crippen LogP contribution in [0.4, 0.5) is 0 Å². The summed E-state index contributed by atoms with van der Waals surface area (Å²) >= 11 is 0. The van der Waals surface area contributed by atoms with Crippen LogP contribution in [0.1, 0.15) is 5.56 Å². The smallest absolute Gasteiger partial charge is 0.353 e. The topological polar surface area (TPSA) is 91.3 Å². The van der Waals surface area contributed by atoms with Crippen LogP contribution in [0.2, 0.25) is 0 Å². The van der Waals surface area contributed by atoms with Crippen LogP contribution in [-0.4, -0.2) is 54.7 Å². The molecule has 0 bridgehead atoms. The molecular formula is C15H16O7. The van der Waals surface area contributed by atoms with Crippen LogP contribution in [-0.2, 0) is 35.1 Å². The van der Waals surface area contributed by atoms with Crippen molar-refractivity contribution in [3.8, 4) is 0 Å². The lowest BCUT2D eigenvalue weighted by Gasteiger charge is -2.30. The Morgan fingerprint density at radius 2 is 2.14 bits per heavy atom. The van der Waals surface area contributed by atoms with E-state index in [4.69, 9.17) is 14.2 Å². The first-order valence-electron chi connectivity index (χ1n) is 6.82. The summed E-state index contributed by atoms with van der Waals surface area (Å²) in [5.41, 5.74) is -3.17. The zero-order valence-corrected chi connectivity index (χ0v) is 12.0. The summed E-state index contributed by atoms with van der Waals surface area (Å²) in [5.74, 6) is -1.93. The first-order valence-corrected chi connectivity index (χ1v) is 6.82. The molecule has 1 aromatic rings. The normalized spacial score (nSPS) is 33.4. The van der Waals surface area contributed by atoms with Gasteiger partial charge in [-0.15, -0.1) is 0 Å². The van der Waals surface area contributed by atoms with Crippen molar-refractivity contribution in [2.45, 2.75) is 23.9 Å². The summed E-state index contributed by atoms with van der Waals surface area (Å²) in [6.07, 6.45) is -0.877. The fourth-order valence-electron chi connectivity index (χ4n) is 2.82. The first-order chi connectivity index (χ1) is 10.5. The van der Waals surface area contributed by atoms with Crippen LogP contribution >= 0.6 is 0 Å². The van der Waals surface area contributed by atoms with Gasteiger partial charge in [-0.2, -0.15) is 0 Å². The third-order valence-electron chi connectivity index (χ3n) is 4.07. The Hall–Kier alpha value is -1.96. The molecule has 0 amide bonds. The second-order valence-electron chi connectivity index (χ2n) is 5.27. The second-order valence-corrected chi connectivity index (χ2v) is 5.27. The van der Waals surface area contributed by atoms with Crippen molar-refractivity contribution < 1.29 is 33.6 Å². The van der Waals surface area contributed by atoms with E-state index in [0.29, 0.717) is 0 Å². The van der Waals surface area contributed by atoms with E-state index < -0.39 is 29.2 Å². The van der Waals surface area contributed by atoms with E-state index in [1.807, 2.05) is 30.3 Å². The van der Waals surface area contributed by atoms with Gasteiger partial charge in [-0.25, -0.2) is 9.59 Å². The molecule has 22 heavy (non-hydrogen) atoms. The maximum Gasteiger partial charge on any atom is 0.353 e. The van der Waals surface area contributed by atoms with E-state index in [0.717, 1.165) is 12.7 Å². The van der Waals surface area contributed by atoms with Gasteiger partial charge in [0.1, 0.15) is 12.7 Å². The molecule has 0 unspecified atom stereocenters. The number of cyclic esters (lactones) is 1. The molecule has 1 N–H and O–H groups in total. The zero-order chi connectivity index (χ0) is 15.8. The molecule has 7 heteroatoms. The third kappa shape index (κ3) is 1.93. The van der Waals surface area contributed by atoms with Gasteiger partial charge in [0, 0.05) is 0 Å². The van der Waals surface area contributed by atoms with Crippen LogP contribution < -0.4 is 0 Å². The summed E-state index contributed by atoms with van der Waals surface area (Å²) < 4.78 is 20.4. The predicted molar refractivity (Wildman–Crippen MR) is 71.6 cm³/mol. The molecule has 0 saturated carbocycles. The lowest BCUT2D eigenvalue weighted by molar-refractivity contribution is -0.186. The molecule has 2 aliphatic rings. The molecule has 3 rings (SSSR count). The summed E-state index contributed by atoms with van der Waals surface area (Å²) in [5, 5.41) is 10.8. The molecule has 7 nitrogen and oxygen atoms in total. The van der Waals surface area contributed by atoms with Crippen molar-refractivity contribution in [2.75, 3.05) is 20.3 Å². The van der Waals surface area contributed by atoms with E-state index in [-0.39, 0.29) is 19.8 Å². The molecule has 118 valence electrons. The molecule has 0 aromatic heterocycles. The Morgan fingerprint density at radius 1 is 1.41 bits per heavy atom. The summed E-state index contributed by atoms with van der Waals surface area (Å²) in [4.78, 5) is 23.9. The number of hydrogen-bond donors (Lipinski definition) is 1. The first kappa shape index (κ1) is 15.0. The largest absolute Gasteiger partial charge is 0.466 e. The molecule has 2 fully saturated rings. The molecule has 0 aliphatic carbocycles. The van der Waals surface area contributed by atoms with E-state index in [1.165, 1.54) is 0 Å². The predicted octanol–water partition coefficient (Wildman–Crippen LogP) is -0.198. The van der Waals surface area contributed by atoms with Gasteiger partial charge in [0.25, 0.3) is 5.60 Å². The van der Waals surface area contributed by atoms with Crippen molar-refractivity contribution in [1.29, 1.82) is 0 Å². The minimum Gasteiger partial charge on any atom is -0.466 e. The summed E-state index contributed by atoms with van der Waals surface area (Å²) in [6.45, 7) is -0.267. The Bertz CT molecular complexity index is 587. The number of ether oxygens (including phenoxy) is 4. The highest BCUT2D eigenvalue weighted by molar-refractivity contribution is 6.07. The lowest BCUT2D eigenvalue weighted by Crippen LogP contribution is -2.62. The van der Waals surface area contributed by atoms with Crippen molar-refractivity contribution in [2.24, 2.45) is 0 Å². The van der Waals surface area contributed by atoms with Crippen LogP contribution in [0.15, 0.2) is 30.3 Å². The van der Waals surface area contributed by atoms with Crippen molar-refractivity contribution in [3.05, 3.63) is 35.9 Å². The number of methoxy groups -OCH3 is 1. The molecule has 1 aromatic carbocycles. The van der Waals surface area contributed by atoms with Crippen LogP contribution in [0.5, 0.6) is 0 Å². The minimum atomic E-state index is -2.16. The highest BCUT2D eigenvalue weighted by atomic mass is 16.7. The number of aliphatic hydroxyl groups is 1. The Balaban J connectivity index is 1.81. The van der Waals surface area contributed by atoms with Crippen LogP contribution in [0, 0.1) is 0 Å². The number of hydrogen-bond acceptors (Lipinski definition) is 7.